The number of alkyl halides is 2. The van der Waals surface area contributed by atoms with Crippen LogP contribution >= 0.6 is 11.8 Å². The van der Waals surface area contributed by atoms with Crippen molar-refractivity contribution < 1.29 is 18.3 Å². The zero-order chi connectivity index (χ0) is 23.0. The molecule has 2 aromatic carbocycles. The van der Waals surface area contributed by atoms with Crippen molar-refractivity contribution in [2.75, 3.05) is 24.2 Å². The summed E-state index contributed by atoms with van der Waals surface area (Å²) in [6, 6.07) is 16.1. The molecule has 0 saturated carbocycles. The molecule has 1 fully saturated rings. The van der Waals surface area contributed by atoms with Crippen LogP contribution in [0.2, 0.25) is 0 Å². The molecule has 4 rings (SSSR count). The molecule has 1 aliphatic heterocycles. The number of ether oxygens (including phenoxy) is 1. The fourth-order valence-corrected chi connectivity index (χ4v) is 4.45. The van der Waals surface area contributed by atoms with Crippen LogP contribution in [0.1, 0.15) is 24.2 Å². The summed E-state index contributed by atoms with van der Waals surface area (Å²) in [5, 5.41) is 12.0. The van der Waals surface area contributed by atoms with Crippen LogP contribution in [0.4, 0.5) is 14.5 Å². The summed E-state index contributed by atoms with van der Waals surface area (Å²) in [4.78, 5) is 14.9. The monoisotopic (exact) mass is 473 g/mol. The van der Waals surface area contributed by atoms with Gasteiger partial charge in [-0.3, -0.25) is 9.69 Å². The average molecular weight is 474 g/mol. The number of hydrogen-bond donors (Lipinski definition) is 1. The number of amides is 1. The molecule has 1 N–H and O–H groups in total. The summed E-state index contributed by atoms with van der Waals surface area (Å²) in [6.45, 7) is 0.437. The van der Waals surface area contributed by atoms with Gasteiger partial charge in [0.15, 0.2) is 5.16 Å². The molecule has 1 aromatic heterocycles. The van der Waals surface area contributed by atoms with E-state index >= 15 is 0 Å². The summed E-state index contributed by atoms with van der Waals surface area (Å²) in [5.74, 6) is 0.491. The third-order valence-electron chi connectivity index (χ3n) is 5.25. The second kappa shape index (κ2) is 11.2. The maximum Gasteiger partial charge on any atom is 0.387 e. The van der Waals surface area contributed by atoms with Gasteiger partial charge in [-0.15, -0.1) is 10.2 Å². The minimum absolute atomic E-state index is 0.0552. The van der Waals surface area contributed by atoms with Gasteiger partial charge < -0.3 is 14.6 Å². The van der Waals surface area contributed by atoms with Crippen molar-refractivity contribution in [1.29, 1.82) is 0 Å². The molecule has 0 unspecified atom stereocenters. The molecule has 0 bridgehead atoms. The lowest BCUT2D eigenvalue weighted by Crippen LogP contribution is -2.22. The normalized spacial score (nSPS) is 14.0. The van der Waals surface area contributed by atoms with Crippen molar-refractivity contribution >= 4 is 23.4 Å². The number of carbonyl (C=O) groups is 1. The van der Waals surface area contributed by atoms with Crippen molar-refractivity contribution in [3.63, 3.8) is 0 Å². The Morgan fingerprint density at radius 3 is 2.52 bits per heavy atom. The minimum Gasteiger partial charge on any atom is -0.433 e. The molecule has 1 aliphatic rings. The summed E-state index contributed by atoms with van der Waals surface area (Å²) >= 11 is 1.26. The molecule has 0 aliphatic carbocycles. The number of nitrogens with one attached hydrogen (secondary N) is 1. The van der Waals surface area contributed by atoms with Crippen LogP contribution in [0.25, 0.3) is 0 Å². The molecule has 1 amide bonds. The maximum absolute atomic E-state index is 12.6. The molecule has 0 atom stereocenters. The van der Waals surface area contributed by atoms with Crippen LogP contribution < -0.4 is 10.1 Å². The average Bonchev–Trinajstić information content (AvgIpc) is 3.45. The van der Waals surface area contributed by atoms with Gasteiger partial charge in [0.2, 0.25) is 5.91 Å². The Morgan fingerprint density at radius 1 is 1.03 bits per heavy atom. The van der Waals surface area contributed by atoms with E-state index in [-0.39, 0.29) is 23.1 Å². The summed E-state index contributed by atoms with van der Waals surface area (Å²) in [6.07, 6.45) is 2.37. The molecular weight excluding hydrogens is 448 g/mol. The number of aromatic nitrogens is 3. The number of likely N-dealkylation sites (tertiary alicyclic amines) is 1. The first kappa shape index (κ1) is 23.2. The number of rotatable bonds is 10. The Labute approximate surface area is 195 Å². The molecule has 3 aromatic rings. The first-order chi connectivity index (χ1) is 16.1. The molecule has 0 spiro atoms. The molecule has 33 heavy (non-hydrogen) atoms. The van der Waals surface area contributed by atoms with E-state index in [0.29, 0.717) is 18.2 Å². The highest BCUT2D eigenvalue weighted by Crippen LogP contribution is 2.26. The lowest BCUT2D eigenvalue weighted by atomic mass is 10.2. The lowest BCUT2D eigenvalue weighted by Gasteiger charge is -2.16. The Morgan fingerprint density at radius 2 is 1.76 bits per heavy atom. The summed E-state index contributed by atoms with van der Waals surface area (Å²) < 4.78 is 31.8. The van der Waals surface area contributed by atoms with Crippen LogP contribution in [0.15, 0.2) is 59.8 Å². The van der Waals surface area contributed by atoms with Gasteiger partial charge in [-0.2, -0.15) is 8.78 Å². The highest BCUT2D eigenvalue weighted by atomic mass is 32.2. The van der Waals surface area contributed by atoms with Crippen molar-refractivity contribution in [3.05, 3.63) is 66.0 Å². The van der Waals surface area contributed by atoms with E-state index in [4.69, 9.17) is 0 Å². The first-order valence-corrected chi connectivity index (χ1v) is 11.7. The van der Waals surface area contributed by atoms with Gasteiger partial charge in [0.1, 0.15) is 11.6 Å². The first-order valence-electron chi connectivity index (χ1n) is 10.7. The smallest absolute Gasteiger partial charge is 0.387 e. The van der Waals surface area contributed by atoms with E-state index in [0.717, 1.165) is 24.5 Å². The number of halogens is 2. The highest BCUT2D eigenvalue weighted by molar-refractivity contribution is 7.99. The zero-order valence-electron chi connectivity index (χ0n) is 18.0. The fourth-order valence-electron chi connectivity index (χ4n) is 3.69. The van der Waals surface area contributed by atoms with Crippen LogP contribution in [0.5, 0.6) is 5.75 Å². The standard InChI is InChI=1S/C23H25F2N5O2S/c24-22(25)32-19-11-5-4-10-18(19)26-21(31)16-33-23-28-27-20(15-29-12-6-7-13-29)30(23)14-17-8-2-1-3-9-17/h1-5,8-11,22H,6-7,12-16H2,(H,26,31). The molecule has 0 radical (unpaired) electrons. The van der Waals surface area contributed by atoms with Crippen LogP contribution in [0.3, 0.4) is 0 Å². The number of nitrogens with zero attached hydrogens (tertiary/aromatic N) is 4. The number of anilines is 1. The number of benzene rings is 2. The SMILES string of the molecule is O=C(CSc1nnc(CN2CCCC2)n1Cc1ccccc1)Nc1ccccc1OC(F)F. The fraction of sp³-hybridized carbons (Fsp3) is 0.348. The van der Waals surface area contributed by atoms with Crippen LogP contribution in [-0.2, 0) is 17.9 Å². The largest absolute Gasteiger partial charge is 0.433 e. The van der Waals surface area contributed by atoms with E-state index in [1.54, 1.807) is 12.1 Å². The van der Waals surface area contributed by atoms with Gasteiger partial charge in [-0.25, -0.2) is 0 Å². The van der Waals surface area contributed by atoms with E-state index in [9.17, 15) is 13.6 Å². The third-order valence-corrected chi connectivity index (χ3v) is 6.22. The number of thioether (sulfide) groups is 1. The third kappa shape index (κ3) is 6.52. The van der Waals surface area contributed by atoms with Crippen molar-refractivity contribution in [2.45, 2.75) is 37.7 Å². The maximum atomic E-state index is 12.6. The van der Waals surface area contributed by atoms with E-state index < -0.39 is 6.61 Å². The molecule has 174 valence electrons. The van der Waals surface area contributed by atoms with E-state index in [1.165, 1.54) is 36.7 Å². The molecule has 2 heterocycles. The van der Waals surface area contributed by atoms with Gasteiger partial charge in [0, 0.05) is 0 Å². The second-order valence-electron chi connectivity index (χ2n) is 7.67. The zero-order valence-corrected chi connectivity index (χ0v) is 18.8. The van der Waals surface area contributed by atoms with E-state index in [1.807, 2.05) is 34.9 Å². The summed E-state index contributed by atoms with van der Waals surface area (Å²) in [5.41, 5.74) is 1.31. The Balaban J connectivity index is 1.45. The molecule has 10 heteroatoms. The topological polar surface area (TPSA) is 72.3 Å². The highest BCUT2D eigenvalue weighted by Gasteiger charge is 2.20. The van der Waals surface area contributed by atoms with Crippen molar-refractivity contribution in [1.82, 2.24) is 19.7 Å². The number of carbonyl (C=O) groups excluding carboxylic acids is 1. The van der Waals surface area contributed by atoms with Crippen LogP contribution in [-0.4, -0.2) is 51.0 Å². The van der Waals surface area contributed by atoms with Crippen molar-refractivity contribution in [3.8, 4) is 5.75 Å². The number of hydrogen-bond acceptors (Lipinski definition) is 6. The molecule has 1 saturated heterocycles. The minimum atomic E-state index is -2.97. The summed E-state index contributed by atoms with van der Waals surface area (Å²) in [7, 11) is 0. The van der Waals surface area contributed by atoms with Gasteiger partial charge in [-0.1, -0.05) is 54.2 Å². The lowest BCUT2D eigenvalue weighted by molar-refractivity contribution is -0.113. The van der Waals surface area contributed by atoms with Crippen LogP contribution in [0, 0.1) is 0 Å². The molecule has 7 nitrogen and oxygen atoms in total. The predicted octanol–water partition coefficient (Wildman–Crippen LogP) is 4.25. The quantitative estimate of drug-likeness (QED) is 0.444. The Hall–Kier alpha value is -2.98. The Kier molecular flexibility index (Phi) is 7.90. The van der Waals surface area contributed by atoms with Crippen molar-refractivity contribution in [2.24, 2.45) is 0 Å². The predicted molar refractivity (Wildman–Crippen MR) is 123 cm³/mol. The van der Waals surface area contributed by atoms with Gasteiger partial charge in [0.25, 0.3) is 0 Å². The Bertz CT molecular complexity index is 1060. The molecular formula is C23H25F2N5O2S. The van der Waals surface area contributed by atoms with Gasteiger partial charge in [-0.05, 0) is 43.6 Å². The van der Waals surface area contributed by atoms with Gasteiger partial charge >= 0.3 is 6.61 Å². The second-order valence-corrected chi connectivity index (χ2v) is 8.61. The van der Waals surface area contributed by atoms with Gasteiger partial charge in [0.05, 0.1) is 24.5 Å². The van der Waals surface area contributed by atoms with E-state index in [2.05, 4.69) is 25.2 Å². The number of para-hydroxylation sites is 2.